The molecular formula is C21H32ClFOSi. The molecule has 3 rings (SSSR count). The molecule has 140 valence electrons. The van der Waals surface area contributed by atoms with Gasteiger partial charge in [0.05, 0.1) is 11.6 Å². The van der Waals surface area contributed by atoms with E-state index in [1.165, 1.54) is 51.0 Å². The van der Waals surface area contributed by atoms with Crippen molar-refractivity contribution in [1.82, 2.24) is 0 Å². The predicted molar refractivity (Wildman–Crippen MR) is 107 cm³/mol. The van der Waals surface area contributed by atoms with Gasteiger partial charge in [0.1, 0.15) is 11.6 Å². The van der Waals surface area contributed by atoms with Crippen LogP contribution in [0.2, 0.25) is 23.2 Å². The van der Waals surface area contributed by atoms with E-state index < -0.39 is 5.82 Å². The Morgan fingerprint density at radius 2 is 1.76 bits per heavy atom. The molecule has 0 spiro atoms. The summed E-state index contributed by atoms with van der Waals surface area (Å²) in [4.78, 5) is 0. The van der Waals surface area contributed by atoms with E-state index in [0.29, 0.717) is 18.3 Å². The third-order valence-electron chi connectivity index (χ3n) is 6.52. The first-order valence-corrected chi connectivity index (χ1v) is 13.1. The van der Waals surface area contributed by atoms with E-state index in [0.717, 1.165) is 11.8 Å². The minimum atomic E-state index is -0.398. The Kier molecular flexibility index (Phi) is 7.24. The van der Waals surface area contributed by atoms with Crippen LogP contribution in [0.1, 0.15) is 51.9 Å². The lowest BCUT2D eigenvalue weighted by Crippen LogP contribution is -2.29. The molecule has 0 amide bonds. The fourth-order valence-electron chi connectivity index (χ4n) is 4.96. The molecule has 2 aliphatic rings. The van der Waals surface area contributed by atoms with Gasteiger partial charge in [-0.3, -0.25) is 0 Å². The number of hydrogen-bond acceptors (Lipinski definition) is 1. The molecular weight excluding hydrogens is 351 g/mol. The van der Waals surface area contributed by atoms with Crippen LogP contribution in [-0.2, 0) is 0 Å². The third-order valence-corrected chi connectivity index (χ3v) is 10.5. The lowest BCUT2D eigenvalue weighted by molar-refractivity contribution is 0.148. The van der Waals surface area contributed by atoms with Crippen molar-refractivity contribution in [1.29, 1.82) is 0 Å². The van der Waals surface area contributed by atoms with Crippen molar-refractivity contribution in [3.8, 4) is 5.75 Å². The summed E-state index contributed by atoms with van der Waals surface area (Å²) in [5.41, 5.74) is 0. The second kappa shape index (κ2) is 9.41. The van der Waals surface area contributed by atoms with Gasteiger partial charge in [-0.2, -0.15) is 0 Å². The van der Waals surface area contributed by atoms with Crippen molar-refractivity contribution < 1.29 is 9.13 Å². The van der Waals surface area contributed by atoms with Crippen LogP contribution in [0.25, 0.3) is 0 Å². The van der Waals surface area contributed by atoms with Crippen molar-refractivity contribution in [3.05, 3.63) is 29.0 Å². The topological polar surface area (TPSA) is 9.23 Å². The maximum absolute atomic E-state index is 13.5. The largest absolute Gasteiger partial charge is 0.493 e. The Morgan fingerprint density at radius 1 is 1.08 bits per heavy atom. The van der Waals surface area contributed by atoms with Crippen molar-refractivity contribution >= 4 is 20.4 Å². The summed E-state index contributed by atoms with van der Waals surface area (Å²) in [7, 11) is -0.345. The average molecular weight is 383 g/mol. The molecule has 0 radical (unpaired) electrons. The zero-order chi connectivity index (χ0) is 17.6. The standard InChI is InChI=1S/C21H32ClFOSi/c1-2-11-25-12-9-18(10-13-25)17-5-3-16(4-6-17)15-24-19-7-8-20(22)21(23)14-19/h7-8,14,16-18,25H,2-6,9-13,15H2,1H3/t16-,17-,18-,25-. The molecule has 1 aromatic rings. The van der Waals surface area contributed by atoms with Crippen molar-refractivity contribution in [2.45, 2.75) is 70.0 Å². The van der Waals surface area contributed by atoms with Crippen LogP contribution in [0.15, 0.2) is 18.2 Å². The molecule has 1 aromatic carbocycles. The summed E-state index contributed by atoms with van der Waals surface area (Å²) in [5.74, 6) is 2.79. The number of ether oxygens (including phenoxy) is 1. The molecule has 0 aromatic heterocycles. The lowest BCUT2D eigenvalue weighted by atomic mass is 9.74. The summed E-state index contributed by atoms with van der Waals surface area (Å²) in [6.45, 7) is 3.06. The molecule has 1 nitrogen and oxygen atoms in total. The quantitative estimate of drug-likeness (QED) is 0.496. The van der Waals surface area contributed by atoms with Gasteiger partial charge >= 0.3 is 0 Å². The Bertz CT molecular complexity index is 537. The van der Waals surface area contributed by atoms with Gasteiger partial charge in [-0.05, 0) is 55.6 Å². The van der Waals surface area contributed by atoms with Crippen molar-refractivity contribution in [3.63, 3.8) is 0 Å². The van der Waals surface area contributed by atoms with Gasteiger partial charge in [-0.1, -0.05) is 55.9 Å². The molecule has 1 aliphatic heterocycles. The molecule has 4 heteroatoms. The number of halogens is 2. The summed E-state index contributed by atoms with van der Waals surface area (Å²) in [6.07, 6.45) is 9.73. The molecule has 1 heterocycles. The molecule has 0 unspecified atom stereocenters. The Hall–Kier alpha value is -0.543. The van der Waals surface area contributed by atoms with Gasteiger partial charge < -0.3 is 4.74 Å². The van der Waals surface area contributed by atoms with Crippen LogP contribution in [0.5, 0.6) is 5.75 Å². The molecule has 25 heavy (non-hydrogen) atoms. The number of hydrogen-bond donors (Lipinski definition) is 0. The first-order chi connectivity index (χ1) is 12.2. The van der Waals surface area contributed by atoms with Gasteiger partial charge in [0.25, 0.3) is 0 Å². The summed E-state index contributed by atoms with van der Waals surface area (Å²) in [5, 5.41) is 0.157. The van der Waals surface area contributed by atoms with E-state index in [4.69, 9.17) is 16.3 Å². The Morgan fingerprint density at radius 3 is 2.40 bits per heavy atom. The zero-order valence-electron chi connectivity index (χ0n) is 15.5. The van der Waals surface area contributed by atoms with E-state index in [-0.39, 0.29) is 13.8 Å². The first-order valence-electron chi connectivity index (χ1n) is 10.2. The normalized spacial score (nSPS) is 30.2. The smallest absolute Gasteiger partial charge is 0.145 e. The van der Waals surface area contributed by atoms with Crippen LogP contribution in [-0.4, -0.2) is 15.4 Å². The summed E-state index contributed by atoms with van der Waals surface area (Å²) < 4.78 is 19.3. The molecule has 0 bridgehead atoms. The van der Waals surface area contributed by atoms with E-state index in [2.05, 4.69) is 6.92 Å². The van der Waals surface area contributed by atoms with Gasteiger partial charge in [-0.25, -0.2) is 4.39 Å². The van der Waals surface area contributed by atoms with E-state index in [1.807, 2.05) is 0 Å². The Balaban J connectivity index is 1.38. The highest BCUT2D eigenvalue weighted by atomic mass is 35.5. The third kappa shape index (κ3) is 5.46. The second-order valence-corrected chi connectivity index (χ2v) is 12.1. The Labute approximate surface area is 158 Å². The van der Waals surface area contributed by atoms with E-state index >= 15 is 0 Å². The predicted octanol–water partition coefficient (Wildman–Crippen LogP) is 6.71. The van der Waals surface area contributed by atoms with Crippen LogP contribution >= 0.6 is 11.6 Å². The molecule has 2 fully saturated rings. The van der Waals surface area contributed by atoms with E-state index in [9.17, 15) is 4.39 Å². The molecule has 0 atom stereocenters. The lowest BCUT2D eigenvalue weighted by Gasteiger charge is -2.37. The monoisotopic (exact) mass is 382 g/mol. The second-order valence-electron chi connectivity index (χ2n) is 8.24. The first kappa shape index (κ1) is 19.2. The minimum Gasteiger partial charge on any atom is -0.493 e. The van der Waals surface area contributed by atoms with E-state index in [1.54, 1.807) is 30.3 Å². The van der Waals surface area contributed by atoms with Gasteiger partial charge in [0.15, 0.2) is 0 Å². The maximum atomic E-state index is 13.5. The molecule has 0 N–H and O–H groups in total. The average Bonchev–Trinajstić information content (AvgIpc) is 2.64. The molecule has 1 aliphatic carbocycles. The van der Waals surface area contributed by atoms with Crippen LogP contribution in [0.3, 0.4) is 0 Å². The van der Waals surface area contributed by atoms with Crippen molar-refractivity contribution in [2.75, 3.05) is 6.61 Å². The fourth-order valence-corrected chi connectivity index (χ4v) is 8.56. The van der Waals surface area contributed by atoms with Crippen LogP contribution in [0.4, 0.5) is 4.39 Å². The fraction of sp³-hybridized carbons (Fsp3) is 0.714. The maximum Gasteiger partial charge on any atom is 0.145 e. The summed E-state index contributed by atoms with van der Waals surface area (Å²) >= 11 is 5.72. The highest BCUT2D eigenvalue weighted by molar-refractivity contribution is 6.58. The van der Waals surface area contributed by atoms with Crippen LogP contribution < -0.4 is 4.74 Å². The molecule has 1 saturated carbocycles. The highest BCUT2D eigenvalue weighted by Gasteiger charge is 2.31. The molecule has 1 saturated heterocycles. The zero-order valence-corrected chi connectivity index (χ0v) is 17.4. The van der Waals surface area contributed by atoms with Crippen LogP contribution in [0, 0.1) is 23.6 Å². The van der Waals surface area contributed by atoms with Gasteiger partial charge in [0.2, 0.25) is 0 Å². The highest BCUT2D eigenvalue weighted by Crippen LogP contribution is 2.41. The minimum absolute atomic E-state index is 0.157. The van der Waals surface area contributed by atoms with Gasteiger partial charge in [-0.15, -0.1) is 0 Å². The van der Waals surface area contributed by atoms with Gasteiger partial charge in [0, 0.05) is 14.9 Å². The summed E-state index contributed by atoms with van der Waals surface area (Å²) in [6, 6.07) is 9.50. The number of benzene rings is 1. The SMILES string of the molecule is CCC[Si@H]1CC[C@H]([C@H]2CC[C@H](COc3ccc(Cl)c(F)c3)CC2)CC1. The number of rotatable bonds is 6. The van der Waals surface area contributed by atoms with Crippen molar-refractivity contribution in [2.24, 2.45) is 17.8 Å².